The number of carbonyl (C=O) groups excluding carboxylic acids is 1. The van der Waals surface area contributed by atoms with Crippen molar-refractivity contribution in [1.82, 2.24) is 24.8 Å². The molecule has 7 heteroatoms. The van der Waals surface area contributed by atoms with Gasteiger partial charge in [-0.2, -0.15) is 4.80 Å². The molecule has 0 fully saturated rings. The molecule has 0 spiro atoms. The fourth-order valence-corrected chi connectivity index (χ4v) is 3.45. The number of nitrogens with zero attached hydrogens (tertiary/aromatic N) is 5. The minimum absolute atomic E-state index is 0.0183. The molecule has 3 rings (SSSR count). The molecule has 0 aliphatic carbocycles. The van der Waals surface area contributed by atoms with E-state index in [1.54, 1.807) is 7.11 Å². The van der Waals surface area contributed by atoms with Gasteiger partial charge in [-0.1, -0.05) is 38.1 Å². The number of hydrogen-bond acceptors (Lipinski definition) is 5. The number of ketones is 1. The smallest absolute Gasteiger partial charge is 0.204 e. The molecule has 0 radical (unpaired) electrons. The fraction of sp³-hybridized carbons (Fsp3) is 0.455. The number of aromatic nitrogens is 5. The van der Waals surface area contributed by atoms with Crippen LogP contribution in [0, 0.1) is 13.8 Å². The SMILES string of the molecule is COCCCn1c(C)cc(C(=O)Cn2nnc(-c3ccc(C(C)C)cc3)n2)c1C. The second kappa shape index (κ2) is 9.13. The summed E-state index contributed by atoms with van der Waals surface area (Å²) in [6.45, 7) is 9.90. The maximum atomic E-state index is 12.8. The van der Waals surface area contributed by atoms with Crippen molar-refractivity contribution in [3.63, 3.8) is 0 Å². The lowest BCUT2D eigenvalue weighted by atomic mass is 10.0. The Hall–Kier alpha value is -2.80. The lowest BCUT2D eigenvalue weighted by molar-refractivity contribution is 0.0960. The highest BCUT2D eigenvalue weighted by atomic mass is 16.5. The van der Waals surface area contributed by atoms with Crippen molar-refractivity contribution < 1.29 is 9.53 Å². The first-order chi connectivity index (χ1) is 13.9. The predicted molar refractivity (Wildman–Crippen MR) is 112 cm³/mol. The van der Waals surface area contributed by atoms with E-state index in [2.05, 4.69) is 46.0 Å². The van der Waals surface area contributed by atoms with Crippen molar-refractivity contribution in [3.05, 3.63) is 52.8 Å². The monoisotopic (exact) mass is 395 g/mol. The van der Waals surface area contributed by atoms with Gasteiger partial charge in [-0.25, -0.2) is 0 Å². The Morgan fingerprint density at radius 3 is 2.55 bits per heavy atom. The van der Waals surface area contributed by atoms with E-state index in [-0.39, 0.29) is 12.3 Å². The van der Waals surface area contributed by atoms with Gasteiger partial charge in [0.1, 0.15) is 6.54 Å². The van der Waals surface area contributed by atoms with Crippen LogP contribution in [0.2, 0.25) is 0 Å². The summed E-state index contributed by atoms with van der Waals surface area (Å²) in [6.07, 6.45) is 0.907. The number of rotatable bonds is 9. The van der Waals surface area contributed by atoms with Crippen molar-refractivity contribution in [2.24, 2.45) is 0 Å². The van der Waals surface area contributed by atoms with Crippen LogP contribution in [0.25, 0.3) is 11.4 Å². The molecule has 0 unspecified atom stereocenters. The average molecular weight is 396 g/mol. The number of carbonyl (C=O) groups is 1. The maximum absolute atomic E-state index is 12.8. The zero-order valence-electron chi connectivity index (χ0n) is 17.8. The second-order valence-corrected chi connectivity index (χ2v) is 7.63. The summed E-state index contributed by atoms with van der Waals surface area (Å²) in [6, 6.07) is 10.1. The summed E-state index contributed by atoms with van der Waals surface area (Å²) < 4.78 is 7.28. The zero-order chi connectivity index (χ0) is 21.0. The summed E-state index contributed by atoms with van der Waals surface area (Å²) in [4.78, 5) is 14.2. The molecule has 2 heterocycles. The Kier molecular flexibility index (Phi) is 6.59. The number of tetrazole rings is 1. The quantitative estimate of drug-likeness (QED) is 0.407. The highest BCUT2D eigenvalue weighted by Crippen LogP contribution is 2.20. The highest BCUT2D eigenvalue weighted by Gasteiger charge is 2.17. The Morgan fingerprint density at radius 1 is 1.17 bits per heavy atom. The first-order valence-electron chi connectivity index (χ1n) is 9.97. The van der Waals surface area contributed by atoms with Gasteiger partial charge in [-0.15, -0.1) is 10.2 Å². The van der Waals surface area contributed by atoms with Crippen molar-refractivity contribution in [3.8, 4) is 11.4 Å². The van der Waals surface area contributed by atoms with E-state index in [0.717, 1.165) is 29.9 Å². The molecule has 0 saturated carbocycles. The molecule has 0 bridgehead atoms. The largest absolute Gasteiger partial charge is 0.385 e. The third-order valence-electron chi connectivity index (χ3n) is 5.18. The fourth-order valence-electron chi connectivity index (χ4n) is 3.45. The van der Waals surface area contributed by atoms with Gasteiger partial charge in [0.15, 0.2) is 5.78 Å². The van der Waals surface area contributed by atoms with E-state index in [1.807, 2.05) is 32.0 Å². The molecular formula is C22H29N5O2. The molecule has 0 aliphatic rings. The van der Waals surface area contributed by atoms with Crippen LogP contribution in [0.3, 0.4) is 0 Å². The topological polar surface area (TPSA) is 74.8 Å². The molecule has 154 valence electrons. The molecule has 1 aromatic carbocycles. The Morgan fingerprint density at radius 2 is 1.90 bits per heavy atom. The molecule has 0 saturated heterocycles. The van der Waals surface area contributed by atoms with Crippen LogP contribution in [-0.4, -0.2) is 44.3 Å². The number of hydrogen-bond donors (Lipinski definition) is 0. The van der Waals surface area contributed by atoms with Crippen LogP contribution in [0.15, 0.2) is 30.3 Å². The van der Waals surface area contributed by atoms with Gasteiger partial charge in [0.05, 0.1) is 0 Å². The molecule has 0 atom stereocenters. The van der Waals surface area contributed by atoms with E-state index in [0.29, 0.717) is 23.9 Å². The van der Waals surface area contributed by atoms with Gasteiger partial charge >= 0.3 is 0 Å². The first kappa shape index (κ1) is 20.9. The molecule has 0 N–H and O–H groups in total. The summed E-state index contributed by atoms with van der Waals surface area (Å²) in [7, 11) is 1.70. The average Bonchev–Trinajstić information content (AvgIpc) is 3.27. The van der Waals surface area contributed by atoms with Crippen LogP contribution in [0.1, 0.15) is 53.5 Å². The van der Waals surface area contributed by atoms with Gasteiger partial charge in [-0.3, -0.25) is 4.79 Å². The van der Waals surface area contributed by atoms with Gasteiger partial charge in [0.25, 0.3) is 0 Å². The minimum atomic E-state index is -0.0183. The van der Waals surface area contributed by atoms with Gasteiger partial charge in [0, 0.05) is 42.8 Å². The Bertz CT molecular complexity index is 970. The van der Waals surface area contributed by atoms with Gasteiger partial charge in [-0.05, 0) is 43.0 Å². The summed E-state index contributed by atoms with van der Waals surface area (Å²) >= 11 is 0. The van der Waals surface area contributed by atoms with Gasteiger partial charge in [0.2, 0.25) is 5.82 Å². The lowest BCUT2D eigenvalue weighted by Crippen LogP contribution is -2.14. The third-order valence-corrected chi connectivity index (χ3v) is 5.18. The molecule has 3 aromatic rings. The van der Waals surface area contributed by atoms with Crippen LogP contribution < -0.4 is 0 Å². The molecule has 0 aliphatic heterocycles. The molecular weight excluding hydrogens is 366 g/mol. The lowest BCUT2D eigenvalue weighted by Gasteiger charge is -2.09. The standard InChI is InChI=1S/C22H29N5O2/c1-15(2)18-7-9-19(10-8-18)22-23-25-27(24-22)14-21(28)20-13-16(3)26(17(20)4)11-6-12-29-5/h7-10,13,15H,6,11-12,14H2,1-5H3. The Balaban J connectivity index is 1.71. The molecule has 0 amide bonds. The van der Waals surface area contributed by atoms with E-state index >= 15 is 0 Å². The number of methoxy groups -OCH3 is 1. The van der Waals surface area contributed by atoms with Crippen molar-refractivity contribution in [1.29, 1.82) is 0 Å². The number of benzene rings is 1. The number of Topliss-reactive ketones (excluding diaryl/α,β-unsaturated/α-hetero) is 1. The highest BCUT2D eigenvalue weighted by molar-refractivity contribution is 5.97. The van der Waals surface area contributed by atoms with Crippen molar-refractivity contribution in [2.45, 2.75) is 53.1 Å². The summed E-state index contributed by atoms with van der Waals surface area (Å²) in [5.74, 6) is 0.979. The number of ether oxygens (including phenoxy) is 1. The van der Waals surface area contributed by atoms with E-state index in [9.17, 15) is 4.79 Å². The predicted octanol–water partition coefficient (Wildman–Crippen LogP) is 3.80. The summed E-state index contributed by atoms with van der Waals surface area (Å²) in [5, 5.41) is 12.6. The molecule has 7 nitrogen and oxygen atoms in total. The Labute approximate surface area is 171 Å². The second-order valence-electron chi connectivity index (χ2n) is 7.63. The normalized spacial score (nSPS) is 11.4. The van der Waals surface area contributed by atoms with Gasteiger partial charge < -0.3 is 9.30 Å². The molecule has 2 aromatic heterocycles. The van der Waals surface area contributed by atoms with Crippen LogP contribution in [0.4, 0.5) is 0 Å². The maximum Gasteiger partial charge on any atom is 0.204 e. The van der Waals surface area contributed by atoms with Crippen molar-refractivity contribution in [2.75, 3.05) is 13.7 Å². The third kappa shape index (κ3) is 4.79. The van der Waals surface area contributed by atoms with E-state index in [4.69, 9.17) is 4.74 Å². The zero-order valence-corrected chi connectivity index (χ0v) is 17.8. The first-order valence-corrected chi connectivity index (χ1v) is 9.97. The van der Waals surface area contributed by atoms with Crippen LogP contribution in [-0.2, 0) is 17.8 Å². The van der Waals surface area contributed by atoms with Crippen LogP contribution in [0.5, 0.6) is 0 Å². The summed E-state index contributed by atoms with van der Waals surface area (Å²) in [5.41, 5.74) is 4.90. The minimum Gasteiger partial charge on any atom is -0.385 e. The number of aryl methyl sites for hydroxylation is 1. The van der Waals surface area contributed by atoms with E-state index in [1.165, 1.54) is 10.4 Å². The van der Waals surface area contributed by atoms with Crippen molar-refractivity contribution >= 4 is 5.78 Å². The van der Waals surface area contributed by atoms with E-state index < -0.39 is 0 Å². The molecule has 29 heavy (non-hydrogen) atoms. The van der Waals surface area contributed by atoms with Crippen LogP contribution >= 0.6 is 0 Å².